The molecular weight excluding hydrogens is 126 g/mol. The first-order valence-corrected chi connectivity index (χ1v) is 4.12. The molecule has 10 heavy (non-hydrogen) atoms. The Bertz CT molecular complexity index is 89.3. The van der Waals surface area contributed by atoms with Crippen LogP contribution in [0.3, 0.4) is 0 Å². The summed E-state index contributed by atoms with van der Waals surface area (Å²) in [4.78, 5) is 2.41. The number of nitrogens with zero attached hydrogens (tertiary/aromatic N) is 1. The maximum absolute atomic E-state index is 5.27. The van der Waals surface area contributed by atoms with Crippen LogP contribution in [0.15, 0.2) is 0 Å². The summed E-state index contributed by atoms with van der Waals surface area (Å²) in [5.41, 5.74) is 0. The van der Waals surface area contributed by atoms with Crippen LogP contribution >= 0.6 is 0 Å². The molecule has 0 radical (unpaired) electrons. The van der Waals surface area contributed by atoms with Gasteiger partial charge in [0.15, 0.2) is 0 Å². The first-order valence-electron chi connectivity index (χ1n) is 4.12. The van der Waals surface area contributed by atoms with Crippen LogP contribution < -0.4 is 0 Å². The molecule has 0 atom stereocenters. The van der Waals surface area contributed by atoms with Crippen molar-refractivity contribution in [3.05, 3.63) is 0 Å². The minimum Gasteiger partial charge on any atom is -0.381 e. The maximum Gasteiger partial charge on any atom is 0.0480 e. The van der Waals surface area contributed by atoms with Gasteiger partial charge < -0.3 is 9.64 Å². The van der Waals surface area contributed by atoms with E-state index in [1.807, 2.05) is 0 Å². The second-order valence-electron chi connectivity index (χ2n) is 2.92. The quantitative estimate of drug-likeness (QED) is 0.574. The van der Waals surface area contributed by atoms with Gasteiger partial charge in [0, 0.05) is 19.3 Å². The van der Waals surface area contributed by atoms with Gasteiger partial charge in [-0.15, -0.1) is 0 Å². The predicted octanol–water partition coefficient (Wildman–Crippen LogP) is 1.12. The molecule has 0 saturated carbocycles. The average molecular weight is 143 g/mol. The number of ether oxygens (including phenoxy) is 1. The summed E-state index contributed by atoms with van der Waals surface area (Å²) in [6.07, 6.45) is 2.43. The van der Waals surface area contributed by atoms with Crippen molar-refractivity contribution < 1.29 is 4.74 Å². The summed E-state index contributed by atoms with van der Waals surface area (Å²) >= 11 is 0. The van der Waals surface area contributed by atoms with Gasteiger partial charge in [0.1, 0.15) is 0 Å². The summed E-state index contributed by atoms with van der Waals surface area (Å²) in [5, 5.41) is 0. The molecule has 60 valence electrons. The summed E-state index contributed by atoms with van der Waals surface area (Å²) in [6.45, 7) is 5.27. The van der Waals surface area contributed by atoms with E-state index in [1.54, 1.807) is 0 Å². The minimum atomic E-state index is 0.777. The van der Waals surface area contributed by atoms with E-state index >= 15 is 0 Å². The van der Waals surface area contributed by atoms with E-state index in [0.717, 1.165) is 25.8 Å². The number of hydrogen-bond donors (Lipinski definition) is 0. The van der Waals surface area contributed by atoms with E-state index in [2.05, 4.69) is 18.9 Å². The molecule has 2 heteroatoms. The fourth-order valence-corrected chi connectivity index (χ4v) is 1.38. The Hall–Kier alpha value is -0.0800. The van der Waals surface area contributed by atoms with Crippen LogP contribution in [-0.4, -0.2) is 37.7 Å². The highest BCUT2D eigenvalue weighted by molar-refractivity contribution is 4.70. The maximum atomic E-state index is 5.27. The van der Waals surface area contributed by atoms with Crippen LogP contribution in [0.2, 0.25) is 0 Å². The molecule has 1 rings (SSSR count). The number of hydrogen-bond acceptors (Lipinski definition) is 2. The van der Waals surface area contributed by atoms with E-state index in [-0.39, 0.29) is 0 Å². The second-order valence-corrected chi connectivity index (χ2v) is 2.92. The highest BCUT2D eigenvalue weighted by Crippen LogP contribution is 2.11. The zero-order valence-electron chi connectivity index (χ0n) is 6.97. The molecule has 0 amide bonds. The van der Waals surface area contributed by atoms with Crippen molar-refractivity contribution in [1.29, 1.82) is 0 Å². The molecule has 0 aromatic carbocycles. The largest absolute Gasteiger partial charge is 0.381 e. The lowest BCUT2D eigenvalue weighted by atomic mass is 10.1. The molecule has 1 heterocycles. The van der Waals surface area contributed by atoms with Gasteiger partial charge in [-0.1, -0.05) is 6.92 Å². The molecule has 2 nitrogen and oxygen atoms in total. The Morgan fingerprint density at radius 3 is 2.50 bits per heavy atom. The molecule has 1 aliphatic rings. The summed E-state index contributed by atoms with van der Waals surface area (Å²) in [7, 11) is 2.19. The second kappa shape index (κ2) is 3.94. The normalized spacial score (nSPS) is 21.9. The van der Waals surface area contributed by atoms with Crippen molar-refractivity contribution >= 4 is 0 Å². The summed E-state index contributed by atoms with van der Waals surface area (Å²) in [6, 6.07) is 0.777. The zero-order valence-corrected chi connectivity index (χ0v) is 6.97. The van der Waals surface area contributed by atoms with Crippen molar-refractivity contribution in [2.24, 2.45) is 0 Å². The standard InChI is InChI=1S/C8H17NO/c1-3-9(2)8-4-6-10-7-5-8/h8H,3-7H2,1-2H3. The lowest BCUT2D eigenvalue weighted by Gasteiger charge is -2.29. The van der Waals surface area contributed by atoms with Crippen molar-refractivity contribution in [1.82, 2.24) is 4.90 Å². The highest BCUT2D eigenvalue weighted by atomic mass is 16.5. The Morgan fingerprint density at radius 2 is 2.00 bits per heavy atom. The topological polar surface area (TPSA) is 12.5 Å². The van der Waals surface area contributed by atoms with Crippen molar-refractivity contribution in [3.63, 3.8) is 0 Å². The van der Waals surface area contributed by atoms with Crippen LogP contribution in [0.25, 0.3) is 0 Å². The molecule has 0 aromatic rings. The Morgan fingerprint density at radius 1 is 1.40 bits per heavy atom. The van der Waals surface area contributed by atoms with Gasteiger partial charge in [0.05, 0.1) is 0 Å². The molecule has 0 aliphatic carbocycles. The van der Waals surface area contributed by atoms with Crippen molar-refractivity contribution in [2.45, 2.75) is 25.8 Å². The smallest absolute Gasteiger partial charge is 0.0480 e. The van der Waals surface area contributed by atoms with Crippen molar-refractivity contribution in [3.8, 4) is 0 Å². The lowest BCUT2D eigenvalue weighted by Crippen LogP contribution is -2.36. The zero-order chi connectivity index (χ0) is 7.40. The number of rotatable bonds is 2. The molecule has 1 aliphatic heterocycles. The predicted molar refractivity (Wildman–Crippen MR) is 42.1 cm³/mol. The Kier molecular flexibility index (Phi) is 3.16. The first kappa shape index (κ1) is 8.02. The van der Waals surface area contributed by atoms with E-state index in [9.17, 15) is 0 Å². The van der Waals surface area contributed by atoms with E-state index in [1.165, 1.54) is 12.8 Å². The van der Waals surface area contributed by atoms with Crippen LogP contribution in [0, 0.1) is 0 Å². The Labute approximate surface area is 63.2 Å². The fourth-order valence-electron chi connectivity index (χ4n) is 1.38. The Balaban J connectivity index is 2.24. The van der Waals surface area contributed by atoms with E-state index < -0.39 is 0 Å². The fraction of sp³-hybridized carbons (Fsp3) is 1.00. The van der Waals surface area contributed by atoms with Crippen LogP contribution in [0.1, 0.15) is 19.8 Å². The van der Waals surface area contributed by atoms with Crippen LogP contribution in [0.4, 0.5) is 0 Å². The van der Waals surface area contributed by atoms with Gasteiger partial charge in [-0.2, -0.15) is 0 Å². The molecule has 1 fully saturated rings. The molecule has 1 saturated heterocycles. The molecule has 0 unspecified atom stereocenters. The molecule has 0 N–H and O–H groups in total. The van der Waals surface area contributed by atoms with E-state index in [0.29, 0.717) is 0 Å². The minimum absolute atomic E-state index is 0.777. The molecule has 0 aromatic heterocycles. The van der Waals surface area contributed by atoms with Gasteiger partial charge in [-0.05, 0) is 26.4 Å². The van der Waals surface area contributed by atoms with Gasteiger partial charge in [0.25, 0.3) is 0 Å². The van der Waals surface area contributed by atoms with Gasteiger partial charge in [0.2, 0.25) is 0 Å². The third-order valence-corrected chi connectivity index (χ3v) is 2.31. The van der Waals surface area contributed by atoms with Gasteiger partial charge >= 0.3 is 0 Å². The van der Waals surface area contributed by atoms with Crippen LogP contribution in [0.5, 0.6) is 0 Å². The average Bonchev–Trinajstić information content (AvgIpc) is 2.05. The van der Waals surface area contributed by atoms with Crippen LogP contribution in [-0.2, 0) is 4.74 Å². The van der Waals surface area contributed by atoms with Gasteiger partial charge in [-0.3, -0.25) is 0 Å². The van der Waals surface area contributed by atoms with Crippen molar-refractivity contribution in [2.75, 3.05) is 26.8 Å². The molecule has 0 spiro atoms. The van der Waals surface area contributed by atoms with Gasteiger partial charge in [-0.25, -0.2) is 0 Å². The first-order chi connectivity index (χ1) is 4.84. The third-order valence-electron chi connectivity index (χ3n) is 2.31. The molecular formula is C8H17NO. The highest BCUT2D eigenvalue weighted by Gasteiger charge is 2.16. The SMILES string of the molecule is CCN(C)C1CCOCC1. The lowest BCUT2D eigenvalue weighted by molar-refractivity contribution is 0.0447. The summed E-state index contributed by atoms with van der Waals surface area (Å²) < 4.78 is 5.27. The summed E-state index contributed by atoms with van der Waals surface area (Å²) in [5.74, 6) is 0. The van der Waals surface area contributed by atoms with E-state index in [4.69, 9.17) is 4.74 Å². The monoisotopic (exact) mass is 143 g/mol. The third kappa shape index (κ3) is 1.96. The molecule has 0 bridgehead atoms.